The maximum Gasteiger partial charge on any atom is 0.223 e. The third kappa shape index (κ3) is 4.21. The molecule has 1 atom stereocenters. The summed E-state index contributed by atoms with van der Waals surface area (Å²) in [7, 11) is 1.68. The molecule has 1 aliphatic rings. The normalized spacial score (nSPS) is 17.5. The quantitative estimate of drug-likeness (QED) is 0.761. The lowest BCUT2D eigenvalue weighted by Crippen LogP contribution is -2.43. The fourth-order valence-corrected chi connectivity index (χ4v) is 4.38. The SMILES string of the molecule is CCC1CCCCN1C(=O)CCc1csc(-c2ccccc2OC)n1. The third-order valence-corrected chi connectivity index (χ3v) is 5.83. The predicted molar refractivity (Wildman–Crippen MR) is 102 cm³/mol. The van der Waals surface area contributed by atoms with Crippen LogP contribution >= 0.6 is 11.3 Å². The van der Waals surface area contributed by atoms with Crippen LogP contribution in [0.25, 0.3) is 10.6 Å². The smallest absolute Gasteiger partial charge is 0.223 e. The van der Waals surface area contributed by atoms with Gasteiger partial charge in [-0.15, -0.1) is 11.3 Å². The number of amides is 1. The van der Waals surface area contributed by atoms with Crippen LogP contribution in [-0.4, -0.2) is 35.5 Å². The first-order valence-electron chi connectivity index (χ1n) is 9.10. The molecule has 1 unspecified atom stereocenters. The Labute approximate surface area is 153 Å². The molecule has 3 rings (SSSR count). The molecule has 134 valence electrons. The molecular formula is C20H26N2O2S. The molecule has 1 saturated heterocycles. The number of hydrogen-bond donors (Lipinski definition) is 0. The number of aromatic nitrogens is 1. The summed E-state index contributed by atoms with van der Waals surface area (Å²) in [5.41, 5.74) is 2.00. The second kappa shape index (κ2) is 8.48. The van der Waals surface area contributed by atoms with E-state index in [0.717, 1.165) is 47.8 Å². The van der Waals surface area contributed by atoms with E-state index in [2.05, 4.69) is 17.2 Å². The van der Waals surface area contributed by atoms with E-state index in [9.17, 15) is 4.79 Å². The third-order valence-electron chi connectivity index (χ3n) is 4.90. The van der Waals surface area contributed by atoms with Crippen LogP contribution in [0, 0.1) is 0 Å². The van der Waals surface area contributed by atoms with Crippen molar-refractivity contribution in [1.29, 1.82) is 0 Å². The van der Waals surface area contributed by atoms with Crippen molar-refractivity contribution in [2.24, 2.45) is 0 Å². The highest BCUT2D eigenvalue weighted by Gasteiger charge is 2.25. The summed E-state index contributed by atoms with van der Waals surface area (Å²) in [4.78, 5) is 19.4. The molecule has 1 aliphatic heterocycles. The predicted octanol–water partition coefficient (Wildman–Crippen LogP) is 4.54. The number of thiazole rings is 1. The first-order chi connectivity index (χ1) is 12.2. The van der Waals surface area contributed by atoms with E-state index < -0.39 is 0 Å². The van der Waals surface area contributed by atoms with Gasteiger partial charge in [0.25, 0.3) is 0 Å². The van der Waals surface area contributed by atoms with Gasteiger partial charge in [0.2, 0.25) is 5.91 Å². The molecule has 0 radical (unpaired) electrons. The van der Waals surface area contributed by atoms with Crippen molar-refractivity contribution in [1.82, 2.24) is 9.88 Å². The Kier molecular flexibility index (Phi) is 6.08. The van der Waals surface area contributed by atoms with Gasteiger partial charge >= 0.3 is 0 Å². The van der Waals surface area contributed by atoms with Crippen LogP contribution in [-0.2, 0) is 11.2 Å². The summed E-state index contributed by atoms with van der Waals surface area (Å²) in [5, 5.41) is 3.01. The molecule has 0 saturated carbocycles. The fraction of sp³-hybridized carbons (Fsp3) is 0.500. The largest absolute Gasteiger partial charge is 0.496 e. The van der Waals surface area contributed by atoms with Crippen molar-refractivity contribution in [3.05, 3.63) is 35.3 Å². The summed E-state index contributed by atoms with van der Waals surface area (Å²) in [6.07, 6.45) is 5.84. The Balaban J connectivity index is 1.63. The first kappa shape index (κ1) is 17.9. The van der Waals surface area contributed by atoms with Crippen LogP contribution in [0.1, 0.15) is 44.7 Å². The highest BCUT2D eigenvalue weighted by Crippen LogP contribution is 2.32. The second-order valence-electron chi connectivity index (χ2n) is 6.49. The maximum atomic E-state index is 12.6. The number of rotatable bonds is 6. The Morgan fingerprint density at radius 1 is 1.36 bits per heavy atom. The van der Waals surface area contributed by atoms with Gasteiger partial charge in [-0.25, -0.2) is 4.98 Å². The van der Waals surface area contributed by atoms with E-state index in [4.69, 9.17) is 9.72 Å². The number of carbonyl (C=O) groups is 1. The molecule has 1 aromatic carbocycles. The maximum absolute atomic E-state index is 12.6. The molecule has 0 aliphatic carbocycles. The number of ether oxygens (including phenoxy) is 1. The van der Waals surface area contributed by atoms with Crippen molar-refractivity contribution >= 4 is 17.2 Å². The second-order valence-corrected chi connectivity index (χ2v) is 7.35. The molecule has 0 spiro atoms. The number of methoxy groups -OCH3 is 1. The number of para-hydroxylation sites is 1. The van der Waals surface area contributed by atoms with Crippen LogP contribution < -0.4 is 4.74 Å². The van der Waals surface area contributed by atoms with Gasteiger partial charge < -0.3 is 9.64 Å². The number of benzene rings is 1. The summed E-state index contributed by atoms with van der Waals surface area (Å²) in [6.45, 7) is 3.09. The average molecular weight is 359 g/mol. The van der Waals surface area contributed by atoms with Gasteiger partial charge in [-0.3, -0.25) is 4.79 Å². The van der Waals surface area contributed by atoms with Crippen LogP contribution in [0.2, 0.25) is 0 Å². The van der Waals surface area contributed by atoms with Crippen LogP contribution in [0.3, 0.4) is 0 Å². The Bertz CT molecular complexity index is 713. The number of piperidine rings is 1. The zero-order valence-corrected chi connectivity index (χ0v) is 15.8. The molecule has 5 heteroatoms. The van der Waals surface area contributed by atoms with Crippen LogP contribution in [0.15, 0.2) is 29.6 Å². The summed E-state index contributed by atoms with van der Waals surface area (Å²) in [5.74, 6) is 1.11. The van der Waals surface area contributed by atoms with Gasteiger partial charge in [0.1, 0.15) is 10.8 Å². The molecule has 0 N–H and O–H groups in total. The van der Waals surface area contributed by atoms with Crippen LogP contribution in [0.5, 0.6) is 5.75 Å². The van der Waals surface area contributed by atoms with Crippen molar-refractivity contribution < 1.29 is 9.53 Å². The van der Waals surface area contributed by atoms with Gasteiger partial charge in [0.05, 0.1) is 18.4 Å². The summed E-state index contributed by atoms with van der Waals surface area (Å²) >= 11 is 1.61. The molecule has 4 nitrogen and oxygen atoms in total. The van der Waals surface area contributed by atoms with Crippen molar-refractivity contribution in [2.45, 2.75) is 51.5 Å². The first-order valence-corrected chi connectivity index (χ1v) is 9.98. The highest BCUT2D eigenvalue weighted by molar-refractivity contribution is 7.13. The number of nitrogens with zero attached hydrogens (tertiary/aromatic N) is 2. The highest BCUT2D eigenvalue weighted by atomic mass is 32.1. The molecule has 1 aromatic heterocycles. The lowest BCUT2D eigenvalue weighted by molar-refractivity contribution is -0.134. The molecule has 1 amide bonds. The van der Waals surface area contributed by atoms with Crippen molar-refractivity contribution in [3.63, 3.8) is 0 Å². The monoisotopic (exact) mass is 358 g/mol. The van der Waals surface area contributed by atoms with E-state index in [0.29, 0.717) is 18.9 Å². The van der Waals surface area contributed by atoms with E-state index in [1.807, 2.05) is 24.3 Å². The molecule has 25 heavy (non-hydrogen) atoms. The minimum Gasteiger partial charge on any atom is -0.496 e. The molecule has 2 aromatic rings. The van der Waals surface area contributed by atoms with Crippen molar-refractivity contribution in [3.8, 4) is 16.3 Å². The Hall–Kier alpha value is -1.88. The number of carbonyl (C=O) groups excluding carboxylic acids is 1. The molecular weight excluding hydrogens is 332 g/mol. The number of hydrogen-bond acceptors (Lipinski definition) is 4. The minimum absolute atomic E-state index is 0.276. The zero-order valence-electron chi connectivity index (χ0n) is 15.0. The molecule has 1 fully saturated rings. The van der Waals surface area contributed by atoms with Crippen molar-refractivity contribution in [2.75, 3.05) is 13.7 Å². The van der Waals surface area contributed by atoms with Gasteiger partial charge in [0, 0.05) is 24.4 Å². The zero-order chi connectivity index (χ0) is 17.6. The molecule has 2 heterocycles. The van der Waals surface area contributed by atoms with E-state index in [1.165, 1.54) is 6.42 Å². The van der Waals surface area contributed by atoms with Gasteiger partial charge in [0.15, 0.2) is 0 Å². The topological polar surface area (TPSA) is 42.4 Å². The Morgan fingerprint density at radius 2 is 2.20 bits per heavy atom. The minimum atomic E-state index is 0.276. The number of likely N-dealkylation sites (tertiary alicyclic amines) is 1. The van der Waals surface area contributed by atoms with Gasteiger partial charge in [-0.2, -0.15) is 0 Å². The molecule has 0 bridgehead atoms. The lowest BCUT2D eigenvalue weighted by atomic mass is 9.99. The lowest BCUT2D eigenvalue weighted by Gasteiger charge is -2.35. The fourth-order valence-electron chi connectivity index (χ4n) is 3.50. The average Bonchev–Trinajstić information content (AvgIpc) is 3.14. The van der Waals surface area contributed by atoms with Gasteiger partial charge in [-0.05, 0) is 44.2 Å². The Morgan fingerprint density at radius 3 is 3.00 bits per heavy atom. The standard InChI is InChI=1S/C20H26N2O2S/c1-3-16-8-6-7-13-22(16)19(23)12-11-15-14-25-20(21-15)17-9-4-5-10-18(17)24-2/h4-5,9-10,14,16H,3,6-8,11-13H2,1-2H3. The van der Waals surface area contributed by atoms with Crippen LogP contribution in [0.4, 0.5) is 0 Å². The van der Waals surface area contributed by atoms with Gasteiger partial charge in [-0.1, -0.05) is 19.1 Å². The summed E-state index contributed by atoms with van der Waals surface area (Å²) < 4.78 is 5.42. The summed E-state index contributed by atoms with van der Waals surface area (Å²) in [6, 6.07) is 8.34. The number of aryl methyl sites for hydroxylation is 1. The van der Waals surface area contributed by atoms with E-state index >= 15 is 0 Å². The van der Waals surface area contributed by atoms with E-state index in [1.54, 1.807) is 18.4 Å². The van der Waals surface area contributed by atoms with E-state index in [-0.39, 0.29) is 5.91 Å².